The zero-order valence-corrected chi connectivity index (χ0v) is 13.8. The molecule has 24 heavy (non-hydrogen) atoms. The molecule has 0 aliphatic rings. The number of H-pyrrole nitrogens is 1. The lowest BCUT2D eigenvalue weighted by Gasteiger charge is -2.04. The lowest BCUT2D eigenvalue weighted by Crippen LogP contribution is -2.15. The molecule has 0 radical (unpaired) electrons. The van der Waals surface area contributed by atoms with E-state index in [9.17, 15) is 4.79 Å². The van der Waals surface area contributed by atoms with Crippen molar-refractivity contribution in [2.24, 2.45) is 0 Å². The van der Waals surface area contributed by atoms with Crippen LogP contribution in [0, 0.1) is 13.8 Å². The summed E-state index contributed by atoms with van der Waals surface area (Å²) in [5, 5.41) is 9.90. The fraction of sp³-hybridized carbons (Fsp3) is 0.211. The number of nitrogens with one attached hydrogen (secondary N) is 2. The minimum Gasteiger partial charge on any atom is -0.326 e. The van der Waals surface area contributed by atoms with Gasteiger partial charge in [0.25, 0.3) is 0 Å². The van der Waals surface area contributed by atoms with E-state index in [-0.39, 0.29) is 12.3 Å². The molecule has 0 spiro atoms. The number of anilines is 1. The van der Waals surface area contributed by atoms with Gasteiger partial charge >= 0.3 is 0 Å². The van der Waals surface area contributed by atoms with Crippen LogP contribution in [0.1, 0.15) is 28.3 Å². The van der Waals surface area contributed by atoms with E-state index >= 15 is 0 Å². The number of carbonyl (C=O) groups is 1. The highest BCUT2D eigenvalue weighted by atomic mass is 16.1. The van der Waals surface area contributed by atoms with Crippen molar-refractivity contribution in [2.75, 3.05) is 5.32 Å². The van der Waals surface area contributed by atoms with Crippen molar-refractivity contribution in [3.8, 4) is 0 Å². The van der Waals surface area contributed by atoms with Crippen LogP contribution in [0.25, 0.3) is 0 Å². The Morgan fingerprint density at radius 2 is 1.88 bits per heavy atom. The molecule has 1 heterocycles. The monoisotopic (exact) mass is 320 g/mol. The van der Waals surface area contributed by atoms with Crippen LogP contribution in [0.4, 0.5) is 5.69 Å². The van der Waals surface area contributed by atoms with E-state index in [0.717, 1.165) is 22.6 Å². The van der Waals surface area contributed by atoms with E-state index in [2.05, 4.69) is 51.7 Å². The molecule has 1 aromatic heterocycles. The number of hydrogen-bond donors (Lipinski definition) is 2. The van der Waals surface area contributed by atoms with Gasteiger partial charge in [-0.05, 0) is 37.1 Å². The van der Waals surface area contributed by atoms with Crippen LogP contribution in [-0.4, -0.2) is 21.1 Å². The van der Waals surface area contributed by atoms with E-state index in [0.29, 0.717) is 12.2 Å². The van der Waals surface area contributed by atoms with Gasteiger partial charge in [-0.1, -0.05) is 42.0 Å². The Bertz CT molecular complexity index is 837. The number of benzene rings is 2. The standard InChI is InChI=1S/C19H20N4O/c1-13-6-8-15(9-7-13)11-17-21-18(23-22-17)12-19(24)20-16-5-3-4-14(2)10-16/h3-10H,11-12H2,1-2H3,(H,20,24)(H,21,22,23). The van der Waals surface area contributed by atoms with Gasteiger partial charge in [0, 0.05) is 12.1 Å². The first kappa shape index (κ1) is 15.9. The second kappa shape index (κ2) is 7.08. The summed E-state index contributed by atoms with van der Waals surface area (Å²) in [7, 11) is 0. The Hall–Kier alpha value is -2.95. The van der Waals surface area contributed by atoms with Gasteiger partial charge in [0.1, 0.15) is 5.82 Å². The van der Waals surface area contributed by atoms with Crippen LogP contribution >= 0.6 is 0 Å². The van der Waals surface area contributed by atoms with Crippen molar-refractivity contribution in [3.05, 3.63) is 76.9 Å². The van der Waals surface area contributed by atoms with Gasteiger partial charge in [-0.15, -0.1) is 0 Å². The molecule has 0 aliphatic heterocycles. The van der Waals surface area contributed by atoms with Crippen molar-refractivity contribution in [1.82, 2.24) is 15.2 Å². The second-order valence-electron chi connectivity index (χ2n) is 5.96. The SMILES string of the molecule is Cc1ccc(Cc2nc(CC(=O)Nc3cccc(C)c3)n[nH]2)cc1. The van der Waals surface area contributed by atoms with E-state index in [1.807, 2.05) is 31.2 Å². The Morgan fingerprint density at radius 1 is 1.08 bits per heavy atom. The van der Waals surface area contributed by atoms with E-state index in [1.54, 1.807) is 0 Å². The van der Waals surface area contributed by atoms with Gasteiger partial charge in [-0.3, -0.25) is 9.89 Å². The Morgan fingerprint density at radius 3 is 2.62 bits per heavy atom. The number of nitrogens with zero attached hydrogens (tertiary/aromatic N) is 2. The summed E-state index contributed by atoms with van der Waals surface area (Å²) in [6.45, 7) is 4.05. The normalized spacial score (nSPS) is 10.6. The zero-order valence-electron chi connectivity index (χ0n) is 13.8. The molecule has 1 amide bonds. The third-order valence-corrected chi connectivity index (χ3v) is 3.69. The number of aryl methyl sites for hydroxylation is 2. The Labute approximate surface area is 141 Å². The predicted octanol–water partition coefficient (Wildman–Crippen LogP) is 3.19. The summed E-state index contributed by atoms with van der Waals surface area (Å²) in [5.41, 5.74) is 4.28. The molecule has 5 heteroatoms. The minimum atomic E-state index is -0.124. The number of rotatable bonds is 5. The van der Waals surface area contributed by atoms with Crippen LogP contribution in [0.3, 0.4) is 0 Å². The van der Waals surface area contributed by atoms with Crippen molar-refractivity contribution in [1.29, 1.82) is 0 Å². The molecule has 2 N–H and O–H groups in total. The topological polar surface area (TPSA) is 70.7 Å². The van der Waals surface area contributed by atoms with E-state index in [1.165, 1.54) is 5.56 Å². The fourth-order valence-corrected chi connectivity index (χ4v) is 2.46. The zero-order chi connectivity index (χ0) is 16.9. The number of aromatic amines is 1. The van der Waals surface area contributed by atoms with Gasteiger partial charge in [-0.25, -0.2) is 4.98 Å². The summed E-state index contributed by atoms with van der Waals surface area (Å²) in [6, 6.07) is 16.0. The molecule has 3 rings (SSSR count). The van der Waals surface area contributed by atoms with Gasteiger partial charge in [0.05, 0.1) is 6.42 Å². The Balaban J connectivity index is 1.59. The van der Waals surface area contributed by atoms with Crippen molar-refractivity contribution >= 4 is 11.6 Å². The summed E-state index contributed by atoms with van der Waals surface area (Å²) in [6.07, 6.45) is 0.825. The van der Waals surface area contributed by atoms with Gasteiger partial charge in [0.2, 0.25) is 5.91 Å². The van der Waals surface area contributed by atoms with Crippen LogP contribution in [-0.2, 0) is 17.6 Å². The maximum Gasteiger partial charge on any atom is 0.232 e. The number of amides is 1. The first-order chi connectivity index (χ1) is 11.6. The molecular weight excluding hydrogens is 300 g/mol. The molecule has 0 aliphatic carbocycles. The third kappa shape index (κ3) is 4.29. The molecule has 5 nitrogen and oxygen atoms in total. The van der Waals surface area contributed by atoms with Crippen LogP contribution in [0.15, 0.2) is 48.5 Å². The molecular formula is C19H20N4O. The largest absolute Gasteiger partial charge is 0.326 e. The van der Waals surface area contributed by atoms with Crippen molar-refractivity contribution in [2.45, 2.75) is 26.7 Å². The maximum atomic E-state index is 12.1. The summed E-state index contributed by atoms with van der Waals surface area (Å²) >= 11 is 0. The van der Waals surface area contributed by atoms with Crippen LogP contribution < -0.4 is 5.32 Å². The average molecular weight is 320 g/mol. The van der Waals surface area contributed by atoms with E-state index < -0.39 is 0 Å². The summed E-state index contributed by atoms with van der Waals surface area (Å²) < 4.78 is 0. The lowest BCUT2D eigenvalue weighted by molar-refractivity contribution is -0.115. The molecule has 0 saturated heterocycles. The summed E-state index contributed by atoms with van der Waals surface area (Å²) in [4.78, 5) is 16.5. The molecule has 0 atom stereocenters. The van der Waals surface area contributed by atoms with E-state index in [4.69, 9.17) is 0 Å². The van der Waals surface area contributed by atoms with Crippen LogP contribution in [0.2, 0.25) is 0 Å². The molecule has 2 aromatic carbocycles. The third-order valence-electron chi connectivity index (χ3n) is 3.69. The highest BCUT2D eigenvalue weighted by Gasteiger charge is 2.10. The van der Waals surface area contributed by atoms with Crippen LogP contribution in [0.5, 0.6) is 0 Å². The minimum absolute atomic E-state index is 0.124. The molecule has 0 fully saturated rings. The second-order valence-corrected chi connectivity index (χ2v) is 5.96. The Kier molecular flexibility index (Phi) is 4.70. The molecule has 0 saturated carbocycles. The maximum absolute atomic E-state index is 12.1. The number of aromatic nitrogens is 3. The molecule has 122 valence electrons. The molecule has 3 aromatic rings. The van der Waals surface area contributed by atoms with Crippen molar-refractivity contribution in [3.63, 3.8) is 0 Å². The highest BCUT2D eigenvalue weighted by Crippen LogP contribution is 2.11. The van der Waals surface area contributed by atoms with Gasteiger partial charge in [-0.2, -0.15) is 5.10 Å². The first-order valence-electron chi connectivity index (χ1n) is 7.91. The number of carbonyl (C=O) groups excluding carboxylic acids is 1. The average Bonchev–Trinajstić information content (AvgIpc) is 2.96. The molecule has 0 bridgehead atoms. The quantitative estimate of drug-likeness (QED) is 0.758. The van der Waals surface area contributed by atoms with Gasteiger partial charge in [0.15, 0.2) is 5.82 Å². The highest BCUT2D eigenvalue weighted by molar-refractivity contribution is 5.91. The van der Waals surface area contributed by atoms with Gasteiger partial charge < -0.3 is 5.32 Å². The predicted molar refractivity (Wildman–Crippen MR) is 93.9 cm³/mol. The lowest BCUT2D eigenvalue weighted by atomic mass is 10.1. The van der Waals surface area contributed by atoms with Crippen molar-refractivity contribution < 1.29 is 4.79 Å². The summed E-state index contributed by atoms with van der Waals surface area (Å²) in [5.74, 6) is 1.14. The smallest absolute Gasteiger partial charge is 0.232 e. The molecule has 0 unspecified atom stereocenters. The first-order valence-corrected chi connectivity index (χ1v) is 7.91. The fourth-order valence-electron chi connectivity index (χ4n) is 2.46. The number of hydrogen-bond acceptors (Lipinski definition) is 3.